The Balaban J connectivity index is 2.25. The van der Waals surface area contributed by atoms with E-state index in [0.29, 0.717) is 5.92 Å². The highest BCUT2D eigenvalue weighted by molar-refractivity contribution is 4.79. The number of aliphatic hydroxyl groups excluding tert-OH is 1. The van der Waals surface area contributed by atoms with Gasteiger partial charge in [-0.15, -0.1) is 0 Å². The summed E-state index contributed by atoms with van der Waals surface area (Å²) in [4.78, 5) is 0. The Morgan fingerprint density at radius 2 is 2.07 bits per heavy atom. The van der Waals surface area contributed by atoms with Gasteiger partial charge >= 0.3 is 0 Å². The Labute approximate surface area is 94.0 Å². The van der Waals surface area contributed by atoms with Crippen LogP contribution in [0.2, 0.25) is 0 Å². The molecule has 1 rings (SSSR count). The Bertz CT molecular complexity index is 168. The number of hydrogen-bond donors (Lipinski definition) is 1. The third-order valence-electron chi connectivity index (χ3n) is 3.47. The van der Waals surface area contributed by atoms with Crippen molar-refractivity contribution in [3.63, 3.8) is 0 Å². The average Bonchev–Trinajstić information content (AvgIpc) is 2.20. The van der Waals surface area contributed by atoms with Crippen LogP contribution in [0.1, 0.15) is 52.9 Å². The van der Waals surface area contributed by atoms with Crippen LogP contribution in [0.25, 0.3) is 0 Å². The Morgan fingerprint density at radius 3 is 2.67 bits per heavy atom. The topological polar surface area (TPSA) is 29.5 Å². The van der Waals surface area contributed by atoms with E-state index < -0.39 is 0 Å². The molecule has 3 atom stereocenters. The van der Waals surface area contributed by atoms with E-state index in [9.17, 15) is 5.11 Å². The largest absolute Gasteiger partial charge is 0.390 e. The fourth-order valence-electron chi connectivity index (χ4n) is 2.20. The van der Waals surface area contributed by atoms with Crippen LogP contribution in [0.15, 0.2) is 0 Å². The van der Waals surface area contributed by atoms with Crippen molar-refractivity contribution in [3.8, 4) is 0 Å². The molecule has 0 bridgehead atoms. The van der Waals surface area contributed by atoms with Crippen LogP contribution in [0.5, 0.6) is 0 Å². The van der Waals surface area contributed by atoms with Crippen LogP contribution in [-0.4, -0.2) is 23.9 Å². The summed E-state index contributed by atoms with van der Waals surface area (Å²) in [6, 6.07) is 0. The van der Waals surface area contributed by atoms with E-state index in [-0.39, 0.29) is 12.2 Å². The second-order valence-electron chi connectivity index (χ2n) is 5.25. The summed E-state index contributed by atoms with van der Waals surface area (Å²) in [5.41, 5.74) is 0. The summed E-state index contributed by atoms with van der Waals surface area (Å²) >= 11 is 0. The molecule has 1 aliphatic rings. The average molecular weight is 214 g/mol. The van der Waals surface area contributed by atoms with Crippen LogP contribution < -0.4 is 0 Å². The van der Waals surface area contributed by atoms with E-state index in [1.54, 1.807) is 0 Å². The maximum Gasteiger partial charge on any atom is 0.0836 e. The van der Waals surface area contributed by atoms with Crippen LogP contribution in [0.4, 0.5) is 0 Å². The van der Waals surface area contributed by atoms with Crippen LogP contribution >= 0.6 is 0 Å². The first-order chi connectivity index (χ1) is 7.13. The fraction of sp³-hybridized carbons (Fsp3) is 1.00. The molecule has 1 fully saturated rings. The minimum atomic E-state index is -0.222. The van der Waals surface area contributed by atoms with Crippen molar-refractivity contribution in [2.45, 2.75) is 65.1 Å². The van der Waals surface area contributed by atoms with Gasteiger partial charge in [-0.2, -0.15) is 0 Å². The molecule has 0 heterocycles. The smallest absolute Gasteiger partial charge is 0.0836 e. The van der Waals surface area contributed by atoms with Gasteiger partial charge in [0.25, 0.3) is 0 Å². The molecule has 0 radical (unpaired) electrons. The Morgan fingerprint density at radius 1 is 1.33 bits per heavy atom. The maximum atomic E-state index is 9.82. The van der Waals surface area contributed by atoms with Crippen molar-refractivity contribution in [1.29, 1.82) is 0 Å². The molecule has 2 heteroatoms. The van der Waals surface area contributed by atoms with Gasteiger partial charge in [0.2, 0.25) is 0 Å². The molecule has 0 aromatic carbocycles. The second kappa shape index (κ2) is 6.49. The first kappa shape index (κ1) is 13.0. The minimum Gasteiger partial charge on any atom is -0.390 e. The first-order valence-corrected chi connectivity index (χ1v) is 6.43. The predicted molar refractivity (Wildman–Crippen MR) is 62.8 cm³/mol. The van der Waals surface area contributed by atoms with E-state index >= 15 is 0 Å². The monoisotopic (exact) mass is 214 g/mol. The lowest BCUT2D eigenvalue weighted by Crippen LogP contribution is -2.36. The van der Waals surface area contributed by atoms with E-state index in [0.717, 1.165) is 31.8 Å². The van der Waals surface area contributed by atoms with Crippen molar-refractivity contribution in [2.24, 2.45) is 11.8 Å². The van der Waals surface area contributed by atoms with Gasteiger partial charge in [-0.05, 0) is 37.5 Å². The summed E-state index contributed by atoms with van der Waals surface area (Å²) in [5.74, 6) is 1.45. The van der Waals surface area contributed by atoms with Gasteiger partial charge in [0, 0.05) is 6.61 Å². The molecule has 90 valence electrons. The molecule has 1 N–H and O–H groups in total. The van der Waals surface area contributed by atoms with E-state index in [1.165, 1.54) is 12.8 Å². The molecule has 15 heavy (non-hydrogen) atoms. The molecule has 0 spiro atoms. The molecule has 0 amide bonds. The third-order valence-corrected chi connectivity index (χ3v) is 3.47. The van der Waals surface area contributed by atoms with Gasteiger partial charge in [-0.1, -0.05) is 27.2 Å². The van der Waals surface area contributed by atoms with Gasteiger partial charge in [0.1, 0.15) is 0 Å². The SMILES string of the molecule is CCC1CCC(O)C(OCCC(C)C)C1. The molecule has 1 aliphatic carbocycles. The van der Waals surface area contributed by atoms with Gasteiger partial charge in [-0.25, -0.2) is 0 Å². The predicted octanol–water partition coefficient (Wildman–Crippen LogP) is 2.99. The van der Waals surface area contributed by atoms with Crippen molar-refractivity contribution in [3.05, 3.63) is 0 Å². The zero-order chi connectivity index (χ0) is 11.3. The molecular weight excluding hydrogens is 188 g/mol. The van der Waals surface area contributed by atoms with Crippen molar-refractivity contribution < 1.29 is 9.84 Å². The fourth-order valence-corrected chi connectivity index (χ4v) is 2.20. The highest BCUT2D eigenvalue weighted by Gasteiger charge is 2.28. The lowest BCUT2D eigenvalue weighted by molar-refractivity contribution is -0.0737. The first-order valence-electron chi connectivity index (χ1n) is 6.43. The zero-order valence-corrected chi connectivity index (χ0v) is 10.4. The highest BCUT2D eigenvalue weighted by Crippen LogP contribution is 2.28. The molecule has 2 nitrogen and oxygen atoms in total. The highest BCUT2D eigenvalue weighted by atomic mass is 16.5. The molecule has 0 aromatic rings. The molecular formula is C13H26O2. The molecule has 3 unspecified atom stereocenters. The summed E-state index contributed by atoms with van der Waals surface area (Å²) < 4.78 is 5.79. The number of ether oxygens (including phenoxy) is 1. The third kappa shape index (κ3) is 4.52. The van der Waals surface area contributed by atoms with Crippen LogP contribution in [0.3, 0.4) is 0 Å². The molecule has 0 aliphatic heterocycles. The lowest BCUT2D eigenvalue weighted by Gasteiger charge is -2.32. The summed E-state index contributed by atoms with van der Waals surface area (Å²) in [5, 5.41) is 9.82. The van der Waals surface area contributed by atoms with Crippen molar-refractivity contribution in [1.82, 2.24) is 0 Å². The molecule has 0 saturated heterocycles. The number of aliphatic hydroxyl groups is 1. The number of rotatable bonds is 5. The minimum absolute atomic E-state index is 0.0995. The Hall–Kier alpha value is -0.0800. The summed E-state index contributed by atoms with van der Waals surface area (Å²) in [6.45, 7) is 7.44. The van der Waals surface area contributed by atoms with Crippen molar-refractivity contribution in [2.75, 3.05) is 6.61 Å². The Kier molecular flexibility index (Phi) is 5.62. The zero-order valence-electron chi connectivity index (χ0n) is 10.4. The van der Waals surface area contributed by atoms with E-state index in [4.69, 9.17) is 4.74 Å². The van der Waals surface area contributed by atoms with Gasteiger partial charge in [0.05, 0.1) is 12.2 Å². The summed E-state index contributed by atoms with van der Waals surface area (Å²) in [7, 11) is 0. The van der Waals surface area contributed by atoms with Gasteiger partial charge in [-0.3, -0.25) is 0 Å². The van der Waals surface area contributed by atoms with E-state index in [1.807, 2.05) is 0 Å². The summed E-state index contributed by atoms with van der Waals surface area (Å²) in [6.07, 6.45) is 5.33. The maximum absolute atomic E-state index is 9.82. The van der Waals surface area contributed by atoms with Gasteiger partial charge in [0.15, 0.2) is 0 Å². The molecule has 1 saturated carbocycles. The lowest BCUT2D eigenvalue weighted by atomic mass is 9.84. The van der Waals surface area contributed by atoms with Crippen LogP contribution in [0, 0.1) is 11.8 Å². The van der Waals surface area contributed by atoms with Gasteiger partial charge < -0.3 is 9.84 Å². The normalized spacial score (nSPS) is 32.2. The molecule has 0 aromatic heterocycles. The quantitative estimate of drug-likeness (QED) is 0.762. The second-order valence-corrected chi connectivity index (χ2v) is 5.25. The van der Waals surface area contributed by atoms with Crippen molar-refractivity contribution >= 4 is 0 Å². The number of hydrogen-bond acceptors (Lipinski definition) is 2. The van der Waals surface area contributed by atoms with E-state index in [2.05, 4.69) is 20.8 Å². The standard InChI is InChI=1S/C13H26O2/c1-4-11-5-6-12(14)13(9-11)15-8-7-10(2)3/h10-14H,4-9H2,1-3H3. The van der Waals surface area contributed by atoms with Crippen LogP contribution in [-0.2, 0) is 4.74 Å².